The van der Waals surface area contributed by atoms with E-state index in [1.807, 2.05) is 0 Å². The van der Waals surface area contributed by atoms with Gasteiger partial charge in [0, 0.05) is 5.48 Å². The van der Waals surface area contributed by atoms with Gasteiger partial charge in [-0.05, 0) is 73.9 Å². The van der Waals surface area contributed by atoms with Gasteiger partial charge in [0.05, 0.1) is 35.3 Å². The number of aliphatic hydroxyl groups excluding tert-OH is 1. The van der Waals surface area contributed by atoms with Gasteiger partial charge in [-0.25, -0.2) is 0 Å². The Balaban J connectivity index is 2.41. The van der Waals surface area contributed by atoms with Gasteiger partial charge < -0.3 is 19.3 Å². The number of rotatable bonds is 10. The summed E-state index contributed by atoms with van der Waals surface area (Å²) in [5, 5.41) is 10.6. The normalized spacial score (nSPS) is 22.4. The highest BCUT2D eigenvalue weighted by atomic mass is 16.5. The number of hydrogen-bond acceptors (Lipinski definition) is 4. The van der Waals surface area contributed by atoms with Crippen molar-refractivity contribution < 1.29 is 39.9 Å². The van der Waals surface area contributed by atoms with Crippen LogP contribution in [0.4, 0.5) is 0 Å². The van der Waals surface area contributed by atoms with Crippen LogP contribution >= 0.6 is 0 Å². The minimum absolute atomic E-state index is 0.222. The lowest BCUT2D eigenvalue weighted by Gasteiger charge is -2.13. The largest absolute Gasteiger partial charge is 0.493 e. The van der Waals surface area contributed by atoms with E-state index in [1.165, 1.54) is 13.8 Å². The van der Waals surface area contributed by atoms with Crippen molar-refractivity contribution in [1.29, 1.82) is 0 Å². The molecule has 26 heavy (non-hydrogen) atoms. The third-order valence-corrected chi connectivity index (χ3v) is 3.32. The van der Waals surface area contributed by atoms with Crippen LogP contribution in [0.3, 0.4) is 0 Å². The number of aliphatic hydroxyl groups is 1. The molecule has 0 saturated carbocycles. The summed E-state index contributed by atoms with van der Waals surface area (Å²) in [6.07, 6.45) is -9.98. The first-order valence-corrected chi connectivity index (χ1v) is 7.72. The molecule has 0 saturated heterocycles. The van der Waals surface area contributed by atoms with Crippen molar-refractivity contribution in [2.75, 3.05) is 20.7 Å². The smallest absolute Gasteiger partial charge is 0.160 e. The van der Waals surface area contributed by atoms with E-state index < -0.39 is 98.3 Å². The second kappa shape index (κ2) is 10.1. The fraction of sp³-hybridized carbons (Fsp3) is 0.455. The van der Waals surface area contributed by atoms with Gasteiger partial charge in [0.25, 0.3) is 0 Å². The quantitative estimate of drug-likeness (QED) is 0.667. The number of ether oxygens (including phenoxy) is 3. The van der Waals surface area contributed by atoms with Crippen molar-refractivity contribution in [3.8, 4) is 17.2 Å². The van der Waals surface area contributed by atoms with E-state index in [4.69, 9.17) is 34.8 Å². The maximum Gasteiger partial charge on any atom is 0.160 e. The average Bonchev–Trinajstić information content (AvgIpc) is 2.85. The first kappa shape index (κ1) is 7.81. The molecule has 0 aliphatic heterocycles. The van der Waals surface area contributed by atoms with E-state index in [0.717, 1.165) is 7.11 Å². The van der Waals surface area contributed by atoms with E-state index in [0.29, 0.717) is 5.56 Å². The predicted molar refractivity (Wildman–Crippen MR) is 105 cm³/mol. The Bertz CT molecular complexity index is 1280. The molecule has 0 radical (unpaired) electrons. The molecule has 0 aliphatic rings. The molecule has 0 aliphatic carbocycles. The molecule has 0 aromatic heterocycles. The molecular weight excluding hydrogens is 328 g/mol. The van der Waals surface area contributed by atoms with Crippen LogP contribution in [-0.2, 0) is 6.37 Å². The molecule has 1 N–H and O–H groups in total. The van der Waals surface area contributed by atoms with Gasteiger partial charge in [-0.1, -0.05) is 18.5 Å². The molecule has 0 spiro atoms. The maximum atomic E-state index is 10.6. The van der Waals surface area contributed by atoms with Crippen LogP contribution in [0.5, 0.6) is 17.2 Å². The summed E-state index contributed by atoms with van der Waals surface area (Å²) in [5.74, 6) is -2.09. The first-order chi connectivity index (χ1) is 18.4. The topological polar surface area (TPSA) is 47.9 Å². The molecule has 2 aromatic carbocycles. The molecule has 0 fully saturated rings. The molecule has 0 amide bonds. The van der Waals surface area contributed by atoms with E-state index in [2.05, 4.69) is 0 Å². The first-order valence-electron chi connectivity index (χ1n) is 15.2. The lowest BCUT2D eigenvalue weighted by atomic mass is 10.0. The van der Waals surface area contributed by atoms with Gasteiger partial charge in [-0.2, -0.15) is 0 Å². The Labute approximate surface area is 177 Å². The molecule has 1 atom stereocenters. The van der Waals surface area contributed by atoms with Crippen molar-refractivity contribution in [2.24, 2.45) is 0 Å². The molecule has 1 unspecified atom stereocenters. The summed E-state index contributed by atoms with van der Waals surface area (Å²) in [6, 6.07) is -4.01. The second-order valence-corrected chi connectivity index (χ2v) is 5.17. The predicted octanol–water partition coefficient (Wildman–Crippen LogP) is 4.47. The maximum absolute atomic E-state index is 10.6. The van der Waals surface area contributed by atoms with Gasteiger partial charge in [-0.15, -0.1) is 0 Å². The molecule has 2 rings (SSSR count). The minimum Gasteiger partial charge on any atom is -0.493 e. The average molecular weight is 374 g/mol. The molecule has 4 heteroatoms. The van der Waals surface area contributed by atoms with Crippen LogP contribution in [0.2, 0.25) is 0 Å². The summed E-state index contributed by atoms with van der Waals surface area (Å²) in [6.45, 7) is -0.302. The lowest BCUT2D eigenvalue weighted by molar-refractivity contribution is 0.0976. The molecule has 2 aromatic rings. The van der Waals surface area contributed by atoms with E-state index >= 15 is 0 Å². The Morgan fingerprint density at radius 1 is 1.08 bits per heavy atom. The van der Waals surface area contributed by atoms with Gasteiger partial charge in [-0.3, -0.25) is 0 Å². The summed E-state index contributed by atoms with van der Waals surface area (Å²) >= 11 is 0. The minimum atomic E-state index is -3.25. The Morgan fingerprint density at radius 3 is 2.69 bits per heavy atom. The van der Waals surface area contributed by atoms with Crippen molar-refractivity contribution in [3.05, 3.63) is 52.9 Å². The number of methoxy groups -OCH3 is 2. The highest BCUT2D eigenvalue weighted by molar-refractivity contribution is 5.42. The summed E-state index contributed by atoms with van der Waals surface area (Å²) < 4.78 is 135. The molecular formula is C22H30O4. The Kier molecular flexibility index (Phi) is 3.03. The molecule has 0 heterocycles. The van der Waals surface area contributed by atoms with Crippen LogP contribution < -0.4 is 14.2 Å². The summed E-state index contributed by atoms with van der Waals surface area (Å²) in [5.41, 5.74) is -0.226. The molecule has 142 valence electrons. The van der Waals surface area contributed by atoms with Crippen LogP contribution in [0.25, 0.3) is 0 Å². The third-order valence-electron chi connectivity index (χ3n) is 3.32. The van der Waals surface area contributed by atoms with Crippen molar-refractivity contribution in [3.63, 3.8) is 0 Å². The van der Waals surface area contributed by atoms with Crippen molar-refractivity contribution in [1.82, 2.24) is 0 Å². The van der Waals surface area contributed by atoms with Gasteiger partial charge in [0.2, 0.25) is 0 Å². The highest BCUT2D eigenvalue weighted by Crippen LogP contribution is 2.28. The fourth-order valence-corrected chi connectivity index (χ4v) is 1.82. The van der Waals surface area contributed by atoms with Crippen molar-refractivity contribution in [2.45, 2.75) is 45.5 Å². The zero-order valence-electron chi connectivity index (χ0n) is 29.7. The van der Waals surface area contributed by atoms with Gasteiger partial charge in [0.15, 0.2) is 11.5 Å². The summed E-state index contributed by atoms with van der Waals surface area (Å²) in [7, 11) is -2.06. The second-order valence-electron chi connectivity index (χ2n) is 5.17. The van der Waals surface area contributed by atoms with Crippen LogP contribution in [0.15, 0.2) is 36.3 Å². The van der Waals surface area contributed by atoms with Crippen molar-refractivity contribution >= 4 is 0 Å². The van der Waals surface area contributed by atoms with E-state index in [1.54, 1.807) is 0 Å². The zero-order valence-corrected chi connectivity index (χ0v) is 14.7. The monoisotopic (exact) mass is 373 g/mol. The lowest BCUT2D eigenvalue weighted by Crippen LogP contribution is -2.17. The molecule has 4 nitrogen and oxygen atoms in total. The number of hydrogen-bond donors (Lipinski definition) is 1. The highest BCUT2D eigenvalue weighted by Gasteiger charge is 2.07. The SMILES string of the molecule is [2H]c1c([2H])c(OC([2H])([2H])C(O)C([2H])([2H])CCC([2H])([2H])c2c([2H])c([2H])c(OC([2H])([2H])[2H])c(OC)c2[2H])c([2H])c(C)c1C. The third kappa shape index (κ3) is 5.95. The van der Waals surface area contributed by atoms with Gasteiger partial charge >= 0.3 is 0 Å². The Hall–Kier alpha value is -2.20. The van der Waals surface area contributed by atoms with Crippen LogP contribution in [0.1, 0.15) is 56.5 Å². The molecule has 0 bridgehead atoms. The Morgan fingerprint density at radius 2 is 1.92 bits per heavy atom. The van der Waals surface area contributed by atoms with Gasteiger partial charge in [0.1, 0.15) is 12.3 Å². The van der Waals surface area contributed by atoms with Crippen LogP contribution in [-0.4, -0.2) is 31.9 Å². The fourth-order valence-electron chi connectivity index (χ4n) is 1.82. The van der Waals surface area contributed by atoms with E-state index in [9.17, 15) is 5.11 Å². The standard InChI is InChI=1S/C22H30O4/c1-16-9-11-20(13-17(16)2)26-15-19(23)8-6-5-7-18-10-12-21(24-3)22(14-18)25-4/h9-14,19,23H,5-8,15H2,1-4H3/i3D3,7D2,8D2,9D,10D,11D,12D,13D,14D,15D2. The van der Waals surface area contributed by atoms with Crippen LogP contribution in [0, 0.1) is 13.8 Å². The van der Waals surface area contributed by atoms with E-state index in [-0.39, 0.29) is 11.6 Å². The summed E-state index contributed by atoms with van der Waals surface area (Å²) in [4.78, 5) is 0. The number of benzene rings is 2. The zero-order chi connectivity index (χ0) is 32.0.